The highest BCUT2D eigenvalue weighted by molar-refractivity contribution is 5.81. The van der Waals surface area contributed by atoms with Gasteiger partial charge >= 0.3 is 0 Å². The number of carbonyl (C=O) groups excluding carboxylic acids is 1. The van der Waals surface area contributed by atoms with Crippen molar-refractivity contribution in [3.63, 3.8) is 0 Å². The number of pyridine rings is 1. The van der Waals surface area contributed by atoms with Crippen molar-refractivity contribution in [3.05, 3.63) is 23.4 Å². The highest BCUT2D eigenvalue weighted by atomic mass is 16.2. The summed E-state index contributed by atoms with van der Waals surface area (Å²) in [5.41, 5.74) is 1.32. The van der Waals surface area contributed by atoms with Crippen LogP contribution in [0.5, 0.6) is 0 Å². The Hall–Kier alpha value is -2.09. The number of nitrogens with zero attached hydrogens (tertiary/aromatic N) is 3. The third-order valence-corrected chi connectivity index (χ3v) is 2.52. The molecule has 1 N–H and O–H groups in total. The molecular weight excluding hydrogens is 228 g/mol. The first-order valence-electron chi connectivity index (χ1n) is 6.01. The molecule has 5 nitrogen and oxygen atoms in total. The van der Waals surface area contributed by atoms with E-state index < -0.39 is 0 Å². The van der Waals surface area contributed by atoms with Crippen molar-refractivity contribution in [2.75, 3.05) is 24.5 Å². The van der Waals surface area contributed by atoms with Gasteiger partial charge in [0.15, 0.2) is 0 Å². The largest absolute Gasteiger partial charge is 0.355 e. The van der Waals surface area contributed by atoms with Crippen molar-refractivity contribution < 1.29 is 4.79 Å². The van der Waals surface area contributed by atoms with Gasteiger partial charge in [0, 0.05) is 18.8 Å². The van der Waals surface area contributed by atoms with Gasteiger partial charge < -0.3 is 10.2 Å². The molecule has 0 atom stereocenters. The predicted octanol–water partition coefficient (Wildman–Crippen LogP) is 1.22. The number of rotatable bonds is 5. The number of hydrogen-bond donors (Lipinski definition) is 1. The second-order valence-corrected chi connectivity index (χ2v) is 3.90. The third-order valence-electron chi connectivity index (χ3n) is 2.52. The van der Waals surface area contributed by atoms with Gasteiger partial charge in [-0.15, -0.1) is 0 Å². The van der Waals surface area contributed by atoms with Crippen LogP contribution in [0.1, 0.15) is 25.1 Å². The Morgan fingerprint density at radius 1 is 1.50 bits per heavy atom. The first-order chi connectivity index (χ1) is 8.62. The maximum Gasteiger partial charge on any atom is 0.239 e. The van der Waals surface area contributed by atoms with Gasteiger partial charge in [0.2, 0.25) is 5.91 Å². The fraction of sp³-hybridized carbons (Fsp3) is 0.462. The van der Waals surface area contributed by atoms with Crippen LogP contribution in [0.4, 0.5) is 5.82 Å². The van der Waals surface area contributed by atoms with Crippen molar-refractivity contribution in [2.45, 2.75) is 20.8 Å². The Morgan fingerprint density at radius 2 is 2.22 bits per heavy atom. The molecule has 0 aromatic carbocycles. The zero-order chi connectivity index (χ0) is 13.5. The summed E-state index contributed by atoms with van der Waals surface area (Å²) in [5, 5.41) is 11.8. The number of anilines is 1. The molecule has 18 heavy (non-hydrogen) atoms. The second kappa shape index (κ2) is 6.60. The molecule has 0 aliphatic heterocycles. The van der Waals surface area contributed by atoms with Crippen LogP contribution in [0.2, 0.25) is 0 Å². The van der Waals surface area contributed by atoms with Crippen molar-refractivity contribution in [3.8, 4) is 6.07 Å². The number of hydrogen-bond acceptors (Lipinski definition) is 4. The van der Waals surface area contributed by atoms with Gasteiger partial charge in [0.1, 0.15) is 11.9 Å². The smallest absolute Gasteiger partial charge is 0.239 e. The molecule has 1 amide bonds. The average Bonchev–Trinajstić information content (AvgIpc) is 2.36. The summed E-state index contributed by atoms with van der Waals surface area (Å²) in [7, 11) is 0. The van der Waals surface area contributed by atoms with E-state index in [4.69, 9.17) is 5.26 Å². The number of aryl methyl sites for hydroxylation is 1. The predicted molar refractivity (Wildman–Crippen MR) is 70.3 cm³/mol. The van der Waals surface area contributed by atoms with E-state index >= 15 is 0 Å². The van der Waals surface area contributed by atoms with Crippen LogP contribution < -0.4 is 10.2 Å². The minimum atomic E-state index is -0.0634. The van der Waals surface area contributed by atoms with Gasteiger partial charge in [-0.25, -0.2) is 4.98 Å². The minimum Gasteiger partial charge on any atom is -0.355 e. The van der Waals surface area contributed by atoms with Crippen LogP contribution in [0.3, 0.4) is 0 Å². The summed E-state index contributed by atoms with van der Waals surface area (Å²) >= 11 is 0. The molecule has 0 radical (unpaired) electrons. The molecule has 1 rings (SSSR count). The first kappa shape index (κ1) is 14.0. The summed E-state index contributed by atoms with van der Waals surface area (Å²) in [6, 6.07) is 5.63. The SMILES string of the molecule is CCNC(=O)CN(CC)c1nc(C)ccc1C#N. The minimum absolute atomic E-state index is 0.0634. The van der Waals surface area contributed by atoms with E-state index in [1.165, 1.54) is 0 Å². The third kappa shape index (κ3) is 3.45. The highest BCUT2D eigenvalue weighted by Gasteiger charge is 2.14. The molecule has 5 heteroatoms. The standard InChI is InChI=1S/C13H18N4O/c1-4-15-12(18)9-17(5-2)13-11(8-14)7-6-10(3)16-13/h6-7H,4-5,9H2,1-3H3,(H,15,18). The van der Waals surface area contributed by atoms with Crippen LogP contribution in [0, 0.1) is 18.3 Å². The van der Waals surface area contributed by atoms with Crippen molar-refractivity contribution in [2.24, 2.45) is 0 Å². The van der Waals surface area contributed by atoms with Crippen molar-refractivity contribution >= 4 is 11.7 Å². The maximum absolute atomic E-state index is 11.6. The van der Waals surface area contributed by atoms with Gasteiger partial charge in [-0.1, -0.05) is 0 Å². The molecule has 0 saturated heterocycles. The summed E-state index contributed by atoms with van der Waals surface area (Å²) in [4.78, 5) is 17.8. The van der Waals surface area contributed by atoms with Crippen molar-refractivity contribution in [1.82, 2.24) is 10.3 Å². The topological polar surface area (TPSA) is 69.0 Å². The van der Waals surface area contributed by atoms with E-state index in [-0.39, 0.29) is 12.5 Å². The number of carbonyl (C=O) groups is 1. The fourth-order valence-corrected chi connectivity index (χ4v) is 1.63. The lowest BCUT2D eigenvalue weighted by molar-refractivity contribution is -0.119. The van der Waals surface area contributed by atoms with Crippen LogP contribution in [0.25, 0.3) is 0 Å². The molecule has 1 heterocycles. The van der Waals surface area contributed by atoms with E-state index in [1.807, 2.05) is 20.8 Å². The quantitative estimate of drug-likeness (QED) is 0.848. The molecule has 0 aliphatic rings. The fourth-order valence-electron chi connectivity index (χ4n) is 1.63. The summed E-state index contributed by atoms with van der Waals surface area (Å²) in [5.74, 6) is 0.512. The molecule has 0 unspecified atom stereocenters. The average molecular weight is 246 g/mol. The maximum atomic E-state index is 11.6. The Bertz CT molecular complexity index is 465. The monoisotopic (exact) mass is 246 g/mol. The second-order valence-electron chi connectivity index (χ2n) is 3.90. The summed E-state index contributed by atoms with van der Waals surface area (Å²) < 4.78 is 0. The summed E-state index contributed by atoms with van der Waals surface area (Å²) in [6.07, 6.45) is 0. The number of aromatic nitrogens is 1. The van der Waals surface area contributed by atoms with E-state index in [0.29, 0.717) is 24.5 Å². The van der Waals surface area contributed by atoms with E-state index in [2.05, 4.69) is 16.4 Å². The molecule has 0 fully saturated rings. The number of amides is 1. The molecule has 0 aliphatic carbocycles. The lowest BCUT2D eigenvalue weighted by Crippen LogP contribution is -2.38. The first-order valence-corrected chi connectivity index (χ1v) is 6.01. The van der Waals surface area contributed by atoms with E-state index in [9.17, 15) is 4.79 Å². The molecule has 1 aromatic rings. The van der Waals surface area contributed by atoms with Gasteiger partial charge in [0.25, 0.3) is 0 Å². The number of nitriles is 1. The Morgan fingerprint density at radius 3 is 2.78 bits per heavy atom. The van der Waals surface area contributed by atoms with Crippen LogP contribution in [0.15, 0.2) is 12.1 Å². The van der Waals surface area contributed by atoms with Gasteiger partial charge in [-0.05, 0) is 32.9 Å². The normalized spacial score (nSPS) is 9.67. The molecule has 1 aromatic heterocycles. The van der Waals surface area contributed by atoms with Crippen molar-refractivity contribution in [1.29, 1.82) is 5.26 Å². The number of nitrogens with one attached hydrogen (secondary N) is 1. The lowest BCUT2D eigenvalue weighted by atomic mass is 10.2. The Labute approximate surface area is 107 Å². The molecule has 0 saturated carbocycles. The molecule has 0 bridgehead atoms. The van der Waals surface area contributed by atoms with Gasteiger partial charge in [0.05, 0.1) is 12.1 Å². The number of likely N-dealkylation sites (N-methyl/N-ethyl adjacent to an activating group) is 2. The van der Waals surface area contributed by atoms with Crippen LogP contribution >= 0.6 is 0 Å². The summed E-state index contributed by atoms with van der Waals surface area (Å²) in [6.45, 7) is 7.12. The lowest BCUT2D eigenvalue weighted by Gasteiger charge is -2.22. The van der Waals surface area contributed by atoms with Gasteiger partial charge in [-0.2, -0.15) is 5.26 Å². The molecule has 0 spiro atoms. The van der Waals surface area contributed by atoms with Crippen LogP contribution in [-0.4, -0.2) is 30.5 Å². The molecular formula is C13H18N4O. The van der Waals surface area contributed by atoms with E-state index in [0.717, 1.165) is 5.69 Å². The Balaban J connectivity index is 2.98. The highest BCUT2D eigenvalue weighted by Crippen LogP contribution is 2.17. The van der Waals surface area contributed by atoms with Crippen LogP contribution in [-0.2, 0) is 4.79 Å². The van der Waals surface area contributed by atoms with Gasteiger partial charge in [-0.3, -0.25) is 4.79 Å². The Kier molecular flexibility index (Phi) is 5.12. The zero-order valence-electron chi connectivity index (χ0n) is 11.0. The van der Waals surface area contributed by atoms with E-state index in [1.54, 1.807) is 17.0 Å². The zero-order valence-corrected chi connectivity index (χ0v) is 11.0. The molecule has 96 valence electrons.